The Morgan fingerprint density at radius 2 is 2.33 bits per heavy atom. The van der Waals surface area contributed by atoms with Crippen molar-refractivity contribution in [3.63, 3.8) is 0 Å². The second-order valence-corrected chi connectivity index (χ2v) is 4.89. The van der Waals surface area contributed by atoms with E-state index in [9.17, 15) is 0 Å². The van der Waals surface area contributed by atoms with E-state index in [2.05, 4.69) is 28.4 Å². The van der Waals surface area contributed by atoms with Crippen molar-refractivity contribution < 1.29 is 4.74 Å². The van der Waals surface area contributed by atoms with Gasteiger partial charge in [0.25, 0.3) is 0 Å². The Bertz CT molecular complexity index is 468. The van der Waals surface area contributed by atoms with Crippen molar-refractivity contribution in [1.82, 2.24) is 10.2 Å². The molecule has 4 heteroatoms. The van der Waals surface area contributed by atoms with Crippen LogP contribution >= 0.6 is 0 Å². The van der Waals surface area contributed by atoms with Crippen LogP contribution in [0.1, 0.15) is 11.5 Å². The minimum absolute atomic E-state index is 0.00786. The average Bonchev–Trinajstić information content (AvgIpc) is 2.83. The summed E-state index contributed by atoms with van der Waals surface area (Å²) in [6.07, 6.45) is 0. The van der Waals surface area contributed by atoms with Crippen molar-refractivity contribution in [2.45, 2.75) is 12.0 Å². The SMILES string of the molecule is N#CC1CNCCN1CC1COc2ccccc21. The molecule has 2 aliphatic rings. The summed E-state index contributed by atoms with van der Waals surface area (Å²) in [5.74, 6) is 1.40. The molecule has 0 bridgehead atoms. The van der Waals surface area contributed by atoms with Gasteiger partial charge in [-0.15, -0.1) is 0 Å². The molecule has 0 aliphatic carbocycles. The summed E-state index contributed by atoms with van der Waals surface area (Å²) in [5, 5.41) is 12.4. The maximum Gasteiger partial charge on any atom is 0.122 e. The molecule has 0 radical (unpaired) electrons. The first-order valence-corrected chi connectivity index (χ1v) is 6.44. The van der Waals surface area contributed by atoms with Crippen LogP contribution in [0.2, 0.25) is 0 Å². The zero-order valence-electron chi connectivity index (χ0n) is 10.3. The molecule has 2 atom stereocenters. The molecule has 0 amide bonds. The fourth-order valence-corrected chi connectivity index (χ4v) is 2.76. The molecule has 2 aliphatic heterocycles. The van der Waals surface area contributed by atoms with Gasteiger partial charge in [-0.25, -0.2) is 0 Å². The molecule has 1 saturated heterocycles. The topological polar surface area (TPSA) is 48.3 Å². The molecule has 1 aromatic rings. The molecular weight excluding hydrogens is 226 g/mol. The van der Waals surface area contributed by atoms with Crippen LogP contribution in [-0.2, 0) is 0 Å². The summed E-state index contributed by atoms with van der Waals surface area (Å²) in [5.41, 5.74) is 1.28. The third-order valence-corrected chi connectivity index (χ3v) is 3.76. The quantitative estimate of drug-likeness (QED) is 0.840. The number of benzene rings is 1. The van der Waals surface area contributed by atoms with E-state index in [-0.39, 0.29) is 6.04 Å². The Balaban J connectivity index is 1.72. The number of nitrogens with zero attached hydrogens (tertiary/aromatic N) is 2. The molecule has 94 valence electrons. The standard InChI is InChI=1S/C14H17N3O/c15-7-12-8-16-5-6-17(12)9-11-10-18-14-4-2-1-3-13(11)14/h1-4,11-12,16H,5-6,8-10H2. The van der Waals surface area contributed by atoms with Gasteiger partial charge in [0.1, 0.15) is 11.8 Å². The Hall–Kier alpha value is -1.57. The van der Waals surface area contributed by atoms with E-state index >= 15 is 0 Å². The van der Waals surface area contributed by atoms with E-state index in [4.69, 9.17) is 10.00 Å². The summed E-state index contributed by atoms with van der Waals surface area (Å²) < 4.78 is 5.70. The predicted molar refractivity (Wildman–Crippen MR) is 68.5 cm³/mol. The summed E-state index contributed by atoms with van der Waals surface area (Å²) in [7, 11) is 0. The lowest BCUT2D eigenvalue weighted by atomic mass is 9.99. The number of hydrogen-bond acceptors (Lipinski definition) is 4. The number of nitrogens with one attached hydrogen (secondary N) is 1. The Morgan fingerprint density at radius 3 is 3.22 bits per heavy atom. The summed E-state index contributed by atoms with van der Waals surface area (Å²) in [4.78, 5) is 2.27. The van der Waals surface area contributed by atoms with Crippen molar-refractivity contribution in [3.8, 4) is 11.8 Å². The molecule has 1 fully saturated rings. The zero-order chi connectivity index (χ0) is 12.4. The number of ether oxygens (including phenoxy) is 1. The predicted octanol–water partition coefficient (Wildman–Crippen LogP) is 0.960. The van der Waals surface area contributed by atoms with E-state index in [0.29, 0.717) is 5.92 Å². The molecule has 18 heavy (non-hydrogen) atoms. The van der Waals surface area contributed by atoms with Gasteiger partial charge in [0.15, 0.2) is 0 Å². The highest BCUT2D eigenvalue weighted by Gasteiger charge is 2.29. The van der Waals surface area contributed by atoms with Gasteiger partial charge in [-0.1, -0.05) is 18.2 Å². The van der Waals surface area contributed by atoms with Gasteiger partial charge < -0.3 is 10.1 Å². The fraction of sp³-hybridized carbons (Fsp3) is 0.500. The van der Waals surface area contributed by atoms with Crippen LogP contribution in [0, 0.1) is 11.3 Å². The van der Waals surface area contributed by atoms with Gasteiger partial charge in [-0.3, -0.25) is 4.90 Å². The van der Waals surface area contributed by atoms with Gasteiger partial charge in [-0.2, -0.15) is 5.26 Å². The second-order valence-electron chi connectivity index (χ2n) is 4.89. The molecule has 0 saturated carbocycles. The maximum atomic E-state index is 9.17. The van der Waals surface area contributed by atoms with Gasteiger partial charge >= 0.3 is 0 Å². The first-order valence-electron chi connectivity index (χ1n) is 6.44. The smallest absolute Gasteiger partial charge is 0.122 e. The van der Waals surface area contributed by atoms with Crippen molar-refractivity contribution in [2.24, 2.45) is 0 Å². The minimum Gasteiger partial charge on any atom is -0.493 e. The van der Waals surface area contributed by atoms with E-state index in [1.807, 2.05) is 12.1 Å². The van der Waals surface area contributed by atoms with Gasteiger partial charge in [0, 0.05) is 37.7 Å². The van der Waals surface area contributed by atoms with Gasteiger partial charge in [-0.05, 0) is 6.07 Å². The van der Waals surface area contributed by atoms with E-state index in [1.54, 1.807) is 0 Å². The fourth-order valence-electron chi connectivity index (χ4n) is 2.76. The lowest BCUT2D eigenvalue weighted by Crippen LogP contribution is -2.51. The third-order valence-electron chi connectivity index (χ3n) is 3.76. The molecule has 1 aromatic carbocycles. The van der Waals surface area contributed by atoms with Gasteiger partial charge in [0.05, 0.1) is 12.7 Å². The lowest BCUT2D eigenvalue weighted by molar-refractivity contribution is 0.176. The van der Waals surface area contributed by atoms with Crippen LogP contribution in [-0.4, -0.2) is 43.7 Å². The number of hydrogen-bond donors (Lipinski definition) is 1. The van der Waals surface area contributed by atoms with Crippen molar-refractivity contribution in [1.29, 1.82) is 5.26 Å². The first kappa shape index (κ1) is 11.5. The Labute approximate surface area is 107 Å². The lowest BCUT2D eigenvalue weighted by Gasteiger charge is -2.33. The van der Waals surface area contributed by atoms with E-state index in [0.717, 1.165) is 38.5 Å². The van der Waals surface area contributed by atoms with E-state index in [1.165, 1.54) is 5.56 Å². The Kier molecular flexibility index (Phi) is 3.18. The Morgan fingerprint density at radius 1 is 1.44 bits per heavy atom. The minimum atomic E-state index is -0.00786. The second kappa shape index (κ2) is 4.97. The monoisotopic (exact) mass is 243 g/mol. The molecule has 0 aromatic heterocycles. The molecule has 0 spiro atoms. The highest BCUT2D eigenvalue weighted by Crippen LogP contribution is 2.34. The molecule has 1 N–H and O–H groups in total. The van der Waals surface area contributed by atoms with Crippen LogP contribution in [0.4, 0.5) is 0 Å². The molecule has 4 nitrogen and oxygen atoms in total. The molecule has 3 rings (SSSR count). The van der Waals surface area contributed by atoms with Crippen LogP contribution < -0.4 is 10.1 Å². The van der Waals surface area contributed by atoms with Crippen LogP contribution in [0.15, 0.2) is 24.3 Å². The maximum absolute atomic E-state index is 9.17. The first-order chi connectivity index (χ1) is 8.88. The zero-order valence-corrected chi connectivity index (χ0v) is 10.3. The number of piperazine rings is 1. The number of rotatable bonds is 2. The van der Waals surface area contributed by atoms with Gasteiger partial charge in [0.2, 0.25) is 0 Å². The average molecular weight is 243 g/mol. The molecule has 2 heterocycles. The molecular formula is C14H17N3O. The summed E-state index contributed by atoms with van der Waals surface area (Å²) in [6, 6.07) is 10.6. The summed E-state index contributed by atoms with van der Waals surface area (Å²) in [6.45, 7) is 4.33. The third kappa shape index (κ3) is 2.07. The summed E-state index contributed by atoms with van der Waals surface area (Å²) >= 11 is 0. The van der Waals surface area contributed by atoms with Crippen LogP contribution in [0.25, 0.3) is 0 Å². The highest BCUT2D eigenvalue weighted by molar-refractivity contribution is 5.39. The number of para-hydroxylation sites is 1. The normalized spacial score (nSPS) is 27.3. The molecule has 2 unspecified atom stereocenters. The highest BCUT2D eigenvalue weighted by atomic mass is 16.5. The van der Waals surface area contributed by atoms with Crippen LogP contribution in [0.5, 0.6) is 5.75 Å². The van der Waals surface area contributed by atoms with Crippen molar-refractivity contribution in [3.05, 3.63) is 29.8 Å². The number of fused-ring (bicyclic) bond motifs is 1. The number of nitriles is 1. The van der Waals surface area contributed by atoms with Crippen molar-refractivity contribution >= 4 is 0 Å². The largest absolute Gasteiger partial charge is 0.493 e. The van der Waals surface area contributed by atoms with Crippen molar-refractivity contribution in [2.75, 3.05) is 32.8 Å². The van der Waals surface area contributed by atoms with E-state index < -0.39 is 0 Å². The van der Waals surface area contributed by atoms with Crippen LogP contribution in [0.3, 0.4) is 0 Å².